The average molecular weight is 289 g/mol. The molecule has 1 saturated heterocycles. The van der Waals surface area contributed by atoms with Crippen LogP contribution in [0, 0.1) is 0 Å². The van der Waals surface area contributed by atoms with Crippen LogP contribution in [0.5, 0.6) is 0 Å². The monoisotopic (exact) mass is 289 g/mol. The molecule has 1 N–H and O–H groups in total. The Hall–Kier alpha value is -1.58. The van der Waals surface area contributed by atoms with Crippen molar-refractivity contribution in [3.8, 4) is 0 Å². The number of hydrogen-bond donors (Lipinski definition) is 1. The first-order chi connectivity index (χ1) is 10.1. The predicted octanol–water partition coefficient (Wildman–Crippen LogP) is 3.65. The highest BCUT2D eigenvalue weighted by Crippen LogP contribution is 2.24. The zero-order valence-corrected chi connectivity index (χ0v) is 13.6. The number of hydrogen-bond acceptors (Lipinski definition) is 3. The lowest BCUT2D eigenvalue weighted by atomic mass is 9.98. The van der Waals surface area contributed by atoms with Gasteiger partial charge in [-0.25, -0.2) is 4.98 Å². The molecule has 1 aromatic rings. The number of nitrogens with zero attached hydrogens (tertiary/aromatic N) is 2. The van der Waals surface area contributed by atoms with Crippen LogP contribution in [-0.4, -0.2) is 35.4 Å². The van der Waals surface area contributed by atoms with Gasteiger partial charge in [-0.15, -0.1) is 0 Å². The fourth-order valence-corrected chi connectivity index (χ4v) is 2.96. The molecule has 1 aliphatic rings. The second kappa shape index (κ2) is 6.92. The van der Waals surface area contributed by atoms with Crippen LogP contribution in [0.2, 0.25) is 0 Å². The third-order valence-electron chi connectivity index (χ3n) is 4.30. The highest BCUT2D eigenvalue weighted by atomic mass is 16.2. The van der Waals surface area contributed by atoms with E-state index in [2.05, 4.69) is 36.0 Å². The lowest BCUT2D eigenvalue weighted by Crippen LogP contribution is -2.43. The van der Waals surface area contributed by atoms with Crippen LogP contribution in [0.3, 0.4) is 0 Å². The van der Waals surface area contributed by atoms with Gasteiger partial charge in [-0.1, -0.05) is 20.8 Å². The van der Waals surface area contributed by atoms with Crippen LogP contribution in [0.1, 0.15) is 68.4 Å². The standard InChI is InChI=1S/C17H27N3O/c1-5-14-8-6-7-9-20(14)17(21)13-10-15(12(2)3)19-16(11-13)18-4/h10-12,14H,5-9H2,1-4H3,(H,18,19). The fourth-order valence-electron chi connectivity index (χ4n) is 2.96. The number of likely N-dealkylation sites (tertiary alicyclic amines) is 1. The minimum Gasteiger partial charge on any atom is -0.373 e. The van der Waals surface area contributed by atoms with E-state index in [1.54, 1.807) is 0 Å². The molecule has 21 heavy (non-hydrogen) atoms. The third-order valence-corrected chi connectivity index (χ3v) is 4.30. The van der Waals surface area contributed by atoms with Gasteiger partial charge in [-0.05, 0) is 43.7 Å². The molecular weight excluding hydrogens is 262 g/mol. The maximum Gasteiger partial charge on any atom is 0.254 e. The summed E-state index contributed by atoms with van der Waals surface area (Å²) in [6.45, 7) is 7.25. The summed E-state index contributed by atoms with van der Waals surface area (Å²) in [5.74, 6) is 1.24. The van der Waals surface area contributed by atoms with Crippen molar-refractivity contribution in [1.29, 1.82) is 0 Å². The first kappa shape index (κ1) is 15.8. The van der Waals surface area contributed by atoms with Crippen LogP contribution in [0.15, 0.2) is 12.1 Å². The largest absolute Gasteiger partial charge is 0.373 e. The quantitative estimate of drug-likeness (QED) is 0.920. The number of carbonyl (C=O) groups excluding carboxylic acids is 1. The molecule has 1 atom stereocenters. The Morgan fingerprint density at radius 3 is 2.81 bits per heavy atom. The number of amides is 1. The number of piperidine rings is 1. The summed E-state index contributed by atoms with van der Waals surface area (Å²) < 4.78 is 0. The van der Waals surface area contributed by atoms with Gasteiger partial charge in [0.15, 0.2) is 0 Å². The summed E-state index contributed by atoms with van der Waals surface area (Å²) in [7, 11) is 1.84. The van der Waals surface area contributed by atoms with E-state index in [9.17, 15) is 4.79 Å². The molecule has 0 aromatic carbocycles. The van der Waals surface area contributed by atoms with E-state index in [1.165, 1.54) is 6.42 Å². The van der Waals surface area contributed by atoms with Crippen LogP contribution < -0.4 is 5.32 Å². The minimum atomic E-state index is 0.155. The number of rotatable bonds is 4. The van der Waals surface area contributed by atoms with Crippen molar-refractivity contribution in [3.63, 3.8) is 0 Å². The minimum absolute atomic E-state index is 0.155. The third kappa shape index (κ3) is 3.55. The molecule has 116 valence electrons. The Balaban J connectivity index is 2.31. The van der Waals surface area contributed by atoms with E-state index in [4.69, 9.17) is 0 Å². The molecule has 4 nitrogen and oxygen atoms in total. The van der Waals surface area contributed by atoms with Gasteiger partial charge in [0.05, 0.1) is 0 Å². The van der Waals surface area contributed by atoms with Crippen molar-refractivity contribution in [2.75, 3.05) is 18.9 Å². The Kier molecular flexibility index (Phi) is 5.21. The second-order valence-corrected chi connectivity index (χ2v) is 6.13. The summed E-state index contributed by atoms with van der Waals surface area (Å²) in [6, 6.07) is 4.21. The number of aromatic nitrogens is 1. The fraction of sp³-hybridized carbons (Fsp3) is 0.647. The first-order valence-electron chi connectivity index (χ1n) is 8.07. The van der Waals surface area contributed by atoms with Crippen LogP contribution in [0.25, 0.3) is 0 Å². The van der Waals surface area contributed by atoms with Crippen molar-refractivity contribution in [3.05, 3.63) is 23.4 Å². The highest BCUT2D eigenvalue weighted by Gasteiger charge is 2.26. The Bertz CT molecular complexity index is 499. The Labute approximate surface area is 127 Å². The molecule has 1 amide bonds. The summed E-state index contributed by atoms with van der Waals surface area (Å²) in [5.41, 5.74) is 1.73. The van der Waals surface area contributed by atoms with Crippen LogP contribution in [-0.2, 0) is 0 Å². The lowest BCUT2D eigenvalue weighted by Gasteiger charge is -2.35. The molecule has 2 rings (SSSR count). The van der Waals surface area contributed by atoms with E-state index < -0.39 is 0 Å². The van der Waals surface area contributed by atoms with Gasteiger partial charge in [-0.3, -0.25) is 4.79 Å². The number of nitrogens with one attached hydrogen (secondary N) is 1. The van der Waals surface area contributed by atoms with E-state index in [0.29, 0.717) is 12.0 Å². The van der Waals surface area contributed by atoms with Gasteiger partial charge in [0.2, 0.25) is 0 Å². The maximum absolute atomic E-state index is 12.9. The summed E-state index contributed by atoms with van der Waals surface area (Å²) >= 11 is 0. The van der Waals surface area contributed by atoms with Gasteiger partial charge in [0.1, 0.15) is 5.82 Å². The average Bonchev–Trinajstić information content (AvgIpc) is 2.53. The molecule has 0 spiro atoms. The van der Waals surface area contributed by atoms with Gasteiger partial charge in [-0.2, -0.15) is 0 Å². The molecule has 0 aliphatic carbocycles. The summed E-state index contributed by atoms with van der Waals surface area (Å²) in [6.07, 6.45) is 4.51. The summed E-state index contributed by atoms with van der Waals surface area (Å²) in [5, 5.41) is 3.06. The van der Waals surface area contributed by atoms with Crippen molar-refractivity contribution in [2.24, 2.45) is 0 Å². The highest BCUT2D eigenvalue weighted by molar-refractivity contribution is 5.95. The topological polar surface area (TPSA) is 45.2 Å². The molecule has 0 saturated carbocycles. The normalized spacial score (nSPS) is 18.9. The molecular formula is C17H27N3O. The molecule has 1 aromatic heterocycles. The Morgan fingerprint density at radius 2 is 2.19 bits per heavy atom. The van der Waals surface area contributed by atoms with E-state index in [1.807, 2.05) is 19.2 Å². The van der Waals surface area contributed by atoms with Crippen LogP contribution in [0.4, 0.5) is 5.82 Å². The van der Waals surface area contributed by atoms with E-state index >= 15 is 0 Å². The predicted molar refractivity (Wildman–Crippen MR) is 86.8 cm³/mol. The number of anilines is 1. The van der Waals surface area contributed by atoms with E-state index in [-0.39, 0.29) is 5.91 Å². The Morgan fingerprint density at radius 1 is 1.43 bits per heavy atom. The lowest BCUT2D eigenvalue weighted by molar-refractivity contribution is 0.0608. The smallest absolute Gasteiger partial charge is 0.254 e. The van der Waals surface area contributed by atoms with Crippen LogP contribution >= 0.6 is 0 Å². The molecule has 0 bridgehead atoms. The van der Waals surface area contributed by atoms with Crippen molar-refractivity contribution in [1.82, 2.24) is 9.88 Å². The van der Waals surface area contributed by atoms with E-state index in [0.717, 1.165) is 42.9 Å². The maximum atomic E-state index is 12.9. The molecule has 1 unspecified atom stereocenters. The molecule has 4 heteroatoms. The van der Waals surface area contributed by atoms with Crippen molar-refractivity contribution >= 4 is 11.7 Å². The molecule has 2 heterocycles. The van der Waals surface area contributed by atoms with Crippen molar-refractivity contribution in [2.45, 2.75) is 58.4 Å². The molecule has 1 fully saturated rings. The van der Waals surface area contributed by atoms with Crippen molar-refractivity contribution < 1.29 is 4.79 Å². The van der Waals surface area contributed by atoms with Gasteiger partial charge >= 0.3 is 0 Å². The zero-order valence-electron chi connectivity index (χ0n) is 13.6. The SMILES string of the molecule is CCC1CCCCN1C(=O)c1cc(NC)nc(C(C)C)c1. The number of carbonyl (C=O) groups is 1. The molecule has 0 radical (unpaired) electrons. The van der Waals surface area contributed by atoms with Gasteiger partial charge in [0, 0.05) is 30.9 Å². The number of pyridine rings is 1. The first-order valence-corrected chi connectivity index (χ1v) is 8.07. The second-order valence-electron chi connectivity index (χ2n) is 6.13. The molecule has 1 aliphatic heterocycles. The zero-order chi connectivity index (χ0) is 15.4. The van der Waals surface area contributed by atoms with Gasteiger partial charge in [0.25, 0.3) is 5.91 Å². The van der Waals surface area contributed by atoms with Gasteiger partial charge < -0.3 is 10.2 Å². The summed E-state index contributed by atoms with van der Waals surface area (Å²) in [4.78, 5) is 19.5.